The monoisotopic (exact) mass is 246 g/mol. The molecule has 3 nitrogen and oxygen atoms in total. The van der Waals surface area contributed by atoms with Crippen molar-refractivity contribution in [3.05, 3.63) is 29.8 Å². The van der Waals surface area contributed by atoms with Crippen LogP contribution in [-0.2, 0) is 4.79 Å². The summed E-state index contributed by atoms with van der Waals surface area (Å²) < 4.78 is 4.84. The van der Waals surface area contributed by atoms with Crippen molar-refractivity contribution in [3.63, 3.8) is 0 Å². The van der Waals surface area contributed by atoms with E-state index in [9.17, 15) is 9.59 Å². The molecule has 0 saturated carbocycles. The Labute approximate surface area is 96.9 Å². The van der Waals surface area contributed by atoms with Gasteiger partial charge in [-0.3, -0.25) is 9.59 Å². The molecule has 80 valence electrons. The number of carbonyl (C=O) groups excluding carboxylic acids is 2. The quantitative estimate of drug-likeness (QED) is 0.357. The molecule has 0 amide bonds. The summed E-state index contributed by atoms with van der Waals surface area (Å²) in [4.78, 5) is 21.1. The van der Waals surface area contributed by atoms with Crippen molar-refractivity contribution in [2.45, 2.75) is 11.8 Å². The van der Waals surface area contributed by atoms with Crippen LogP contribution in [0.15, 0.2) is 24.3 Å². The maximum absolute atomic E-state index is 11.5. The van der Waals surface area contributed by atoms with Crippen molar-refractivity contribution in [3.8, 4) is 5.75 Å². The molecule has 0 radical (unpaired) electrons. The fraction of sp³-hybridized carbons (Fsp3) is 0.200. The number of benzene rings is 1. The summed E-state index contributed by atoms with van der Waals surface area (Å²) in [5.41, 5.74) is 0.197. The number of hydrogen-bond acceptors (Lipinski definition) is 3. The first kappa shape index (κ1) is 12.0. The van der Waals surface area contributed by atoms with Crippen molar-refractivity contribution in [2.24, 2.45) is 0 Å². The molecular formula is C10H8Cl2O3. The van der Waals surface area contributed by atoms with Crippen molar-refractivity contribution >= 4 is 35.0 Å². The van der Waals surface area contributed by atoms with E-state index in [2.05, 4.69) is 0 Å². The van der Waals surface area contributed by atoms with Crippen molar-refractivity contribution in [2.75, 3.05) is 0 Å². The van der Waals surface area contributed by atoms with Crippen LogP contribution in [0.5, 0.6) is 5.75 Å². The lowest BCUT2D eigenvalue weighted by Gasteiger charge is -2.07. The Morgan fingerprint density at radius 3 is 2.40 bits per heavy atom. The molecule has 1 aromatic rings. The van der Waals surface area contributed by atoms with Crippen LogP contribution in [0.25, 0.3) is 0 Å². The highest BCUT2D eigenvalue weighted by molar-refractivity contribution is 6.55. The minimum absolute atomic E-state index is 0.168. The molecule has 0 bridgehead atoms. The molecule has 0 fully saturated rings. The zero-order chi connectivity index (χ0) is 11.4. The standard InChI is InChI=1S/C10H8Cl2O3/c1-6(13)15-8-5-3-2-4-7(8)9(14)10(11)12/h2-5,10H,1H3. The lowest BCUT2D eigenvalue weighted by atomic mass is 10.1. The Morgan fingerprint density at radius 2 is 1.87 bits per heavy atom. The number of carbonyl (C=O) groups is 2. The topological polar surface area (TPSA) is 43.4 Å². The van der Waals surface area contributed by atoms with Gasteiger partial charge in [0.1, 0.15) is 5.75 Å². The van der Waals surface area contributed by atoms with Gasteiger partial charge in [0.05, 0.1) is 5.56 Å². The minimum atomic E-state index is -1.17. The summed E-state index contributed by atoms with van der Waals surface area (Å²) in [5.74, 6) is -0.826. The van der Waals surface area contributed by atoms with Crippen LogP contribution in [-0.4, -0.2) is 16.6 Å². The van der Waals surface area contributed by atoms with E-state index in [0.29, 0.717) is 0 Å². The zero-order valence-electron chi connectivity index (χ0n) is 7.87. The van der Waals surface area contributed by atoms with Gasteiger partial charge in [-0.05, 0) is 12.1 Å². The van der Waals surface area contributed by atoms with E-state index in [-0.39, 0.29) is 11.3 Å². The molecule has 0 saturated heterocycles. The first-order valence-corrected chi connectivity index (χ1v) is 4.99. The van der Waals surface area contributed by atoms with Gasteiger partial charge in [0, 0.05) is 6.92 Å². The maximum atomic E-state index is 11.5. The number of alkyl halides is 2. The molecule has 0 aliphatic carbocycles. The van der Waals surface area contributed by atoms with Crippen LogP contribution < -0.4 is 4.74 Å². The normalized spacial score (nSPS) is 10.1. The largest absolute Gasteiger partial charge is 0.426 e. The van der Waals surface area contributed by atoms with Crippen LogP contribution in [0.2, 0.25) is 0 Å². The lowest BCUT2D eigenvalue weighted by molar-refractivity contribution is -0.131. The molecule has 1 rings (SSSR count). The average Bonchev–Trinajstić information content (AvgIpc) is 2.16. The van der Waals surface area contributed by atoms with E-state index in [1.807, 2.05) is 0 Å². The van der Waals surface area contributed by atoms with Gasteiger partial charge in [-0.1, -0.05) is 35.3 Å². The molecule has 0 N–H and O–H groups in total. The second-order valence-electron chi connectivity index (χ2n) is 2.75. The number of ether oxygens (including phenoxy) is 1. The molecule has 0 aromatic heterocycles. The lowest BCUT2D eigenvalue weighted by Crippen LogP contribution is -2.12. The summed E-state index contributed by atoms with van der Waals surface area (Å²) >= 11 is 10.9. The van der Waals surface area contributed by atoms with E-state index in [4.69, 9.17) is 27.9 Å². The van der Waals surface area contributed by atoms with Gasteiger partial charge in [0.15, 0.2) is 10.6 Å². The number of rotatable bonds is 3. The maximum Gasteiger partial charge on any atom is 0.308 e. The summed E-state index contributed by atoms with van der Waals surface area (Å²) in [6.07, 6.45) is 0. The van der Waals surface area contributed by atoms with E-state index in [0.717, 1.165) is 0 Å². The number of halogens is 2. The predicted molar refractivity (Wildman–Crippen MR) is 57.6 cm³/mol. The third-order valence-corrected chi connectivity index (χ3v) is 2.00. The molecule has 0 heterocycles. The third-order valence-electron chi connectivity index (χ3n) is 1.60. The van der Waals surface area contributed by atoms with Crippen molar-refractivity contribution in [1.29, 1.82) is 0 Å². The predicted octanol–water partition coefficient (Wildman–Crippen LogP) is 2.60. The molecule has 15 heavy (non-hydrogen) atoms. The molecular weight excluding hydrogens is 239 g/mol. The number of ketones is 1. The molecule has 1 aromatic carbocycles. The van der Waals surface area contributed by atoms with E-state index in [1.165, 1.54) is 19.1 Å². The van der Waals surface area contributed by atoms with Gasteiger partial charge < -0.3 is 4.74 Å². The first-order valence-electron chi connectivity index (χ1n) is 4.12. The summed E-state index contributed by atoms with van der Waals surface area (Å²) in [6, 6.07) is 6.28. The number of hydrogen-bond donors (Lipinski definition) is 0. The van der Waals surface area contributed by atoms with E-state index >= 15 is 0 Å². The Morgan fingerprint density at radius 1 is 1.27 bits per heavy atom. The average molecular weight is 247 g/mol. The van der Waals surface area contributed by atoms with Gasteiger partial charge in [-0.25, -0.2) is 0 Å². The summed E-state index contributed by atoms with van der Waals surface area (Å²) in [6.45, 7) is 1.25. The number of Topliss-reactive ketones (excluding diaryl/α,β-unsaturated/α-hetero) is 1. The Bertz CT molecular complexity index is 388. The van der Waals surface area contributed by atoms with Crippen LogP contribution >= 0.6 is 23.2 Å². The highest BCUT2D eigenvalue weighted by Crippen LogP contribution is 2.22. The fourth-order valence-corrected chi connectivity index (χ4v) is 1.27. The van der Waals surface area contributed by atoms with Crippen molar-refractivity contribution < 1.29 is 14.3 Å². The first-order chi connectivity index (χ1) is 7.02. The Balaban J connectivity index is 3.06. The fourth-order valence-electron chi connectivity index (χ4n) is 1.03. The molecule has 5 heteroatoms. The molecule has 0 atom stereocenters. The van der Waals surface area contributed by atoms with Gasteiger partial charge in [-0.2, -0.15) is 0 Å². The third kappa shape index (κ3) is 3.22. The van der Waals surface area contributed by atoms with Gasteiger partial charge in [0.25, 0.3) is 0 Å². The molecule has 0 aliphatic heterocycles. The zero-order valence-corrected chi connectivity index (χ0v) is 9.38. The summed E-state index contributed by atoms with van der Waals surface area (Å²) in [7, 11) is 0. The van der Waals surface area contributed by atoms with Crippen LogP contribution in [0, 0.1) is 0 Å². The van der Waals surface area contributed by atoms with Gasteiger partial charge >= 0.3 is 5.97 Å². The highest BCUT2D eigenvalue weighted by atomic mass is 35.5. The smallest absolute Gasteiger partial charge is 0.308 e. The van der Waals surface area contributed by atoms with Crippen LogP contribution in [0.3, 0.4) is 0 Å². The van der Waals surface area contributed by atoms with Crippen molar-refractivity contribution in [1.82, 2.24) is 0 Å². The molecule has 0 aliphatic rings. The van der Waals surface area contributed by atoms with Gasteiger partial charge in [-0.15, -0.1) is 0 Å². The second kappa shape index (κ2) is 5.14. The van der Waals surface area contributed by atoms with E-state index < -0.39 is 16.6 Å². The Kier molecular flexibility index (Phi) is 4.12. The molecule has 0 unspecified atom stereocenters. The number of para-hydroxylation sites is 1. The van der Waals surface area contributed by atoms with E-state index in [1.54, 1.807) is 12.1 Å². The van der Waals surface area contributed by atoms with Crippen LogP contribution in [0.4, 0.5) is 0 Å². The van der Waals surface area contributed by atoms with Crippen LogP contribution in [0.1, 0.15) is 17.3 Å². The second-order valence-corrected chi connectivity index (χ2v) is 3.85. The number of esters is 1. The van der Waals surface area contributed by atoms with Gasteiger partial charge in [0.2, 0.25) is 0 Å². The molecule has 0 spiro atoms. The SMILES string of the molecule is CC(=O)Oc1ccccc1C(=O)C(Cl)Cl. The Hall–Kier alpha value is -1.06. The minimum Gasteiger partial charge on any atom is -0.426 e. The summed E-state index contributed by atoms with van der Waals surface area (Å²) in [5, 5.41) is 0. The highest BCUT2D eigenvalue weighted by Gasteiger charge is 2.19.